The van der Waals surface area contributed by atoms with E-state index in [2.05, 4.69) is 30.5 Å². The lowest BCUT2D eigenvalue weighted by Gasteiger charge is -2.26. The van der Waals surface area contributed by atoms with Crippen LogP contribution in [0.25, 0.3) is 0 Å². The molecule has 0 aromatic carbocycles. The highest BCUT2D eigenvalue weighted by Crippen LogP contribution is 2.21. The fourth-order valence-electron chi connectivity index (χ4n) is 2.56. The van der Waals surface area contributed by atoms with Gasteiger partial charge < -0.3 is 4.90 Å². The van der Waals surface area contributed by atoms with E-state index in [0.29, 0.717) is 0 Å². The average molecular weight is 257 g/mol. The molecule has 1 atom stereocenters. The van der Waals surface area contributed by atoms with Crippen LogP contribution in [-0.4, -0.2) is 35.5 Å². The van der Waals surface area contributed by atoms with Gasteiger partial charge in [0.05, 0.1) is 0 Å². The molecule has 0 N–H and O–H groups in total. The van der Waals surface area contributed by atoms with E-state index in [1.165, 1.54) is 76.8 Å². The quantitative estimate of drug-likeness (QED) is 0.557. The summed E-state index contributed by atoms with van der Waals surface area (Å²) in [7, 11) is 0. The van der Waals surface area contributed by atoms with Crippen molar-refractivity contribution in [3.05, 3.63) is 0 Å². The Bertz CT molecular complexity index is 166. The number of piperidine rings is 1. The highest BCUT2D eigenvalue weighted by Gasteiger charge is 2.11. The van der Waals surface area contributed by atoms with Crippen molar-refractivity contribution in [2.45, 2.75) is 70.5 Å². The molecule has 1 unspecified atom stereocenters. The predicted molar refractivity (Wildman–Crippen MR) is 81.0 cm³/mol. The van der Waals surface area contributed by atoms with Crippen molar-refractivity contribution in [1.29, 1.82) is 0 Å². The van der Waals surface area contributed by atoms with Gasteiger partial charge in [-0.15, -0.1) is 0 Å². The van der Waals surface area contributed by atoms with Gasteiger partial charge in [-0.25, -0.2) is 0 Å². The first-order valence-electron chi connectivity index (χ1n) is 7.70. The zero-order valence-electron chi connectivity index (χ0n) is 11.9. The Morgan fingerprint density at radius 3 is 2.47 bits per heavy atom. The minimum atomic E-state index is 0.923. The molecule has 1 fully saturated rings. The van der Waals surface area contributed by atoms with Crippen LogP contribution < -0.4 is 0 Å². The van der Waals surface area contributed by atoms with Crippen molar-refractivity contribution in [2.24, 2.45) is 0 Å². The maximum Gasteiger partial charge on any atom is 0.00724 e. The molecule has 102 valence electrons. The van der Waals surface area contributed by atoms with Gasteiger partial charge in [0.2, 0.25) is 0 Å². The van der Waals surface area contributed by atoms with E-state index in [1.807, 2.05) is 0 Å². The molecule has 17 heavy (non-hydrogen) atoms. The lowest BCUT2D eigenvalue weighted by atomic mass is 10.1. The second kappa shape index (κ2) is 10.3. The molecule has 1 aliphatic heterocycles. The fourth-order valence-corrected chi connectivity index (χ4v) is 3.82. The van der Waals surface area contributed by atoms with Crippen molar-refractivity contribution in [2.75, 3.05) is 25.4 Å². The summed E-state index contributed by atoms with van der Waals surface area (Å²) in [5.41, 5.74) is 0. The van der Waals surface area contributed by atoms with Crippen LogP contribution in [0.2, 0.25) is 0 Å². The molecule has 0 spiro atoms. The minimum absolute atomic E-state index is 0.923. The largest absolute Gasteiger partial charge is 0.303 e. The molecule has 2 heteroatoms. The SMILES string of the molecule is CCCCCC(CC)SCCN1CCCCC1. The highest BCUT2D eigenvalue weighted by atomic mass is 32.2. The van der Waals surface area contributed by atoms with E-state index in [-0.39, 0.29) is 0 Å². The Hall–Kier alpha value is 0.310. The molecule has 1 aliphatic rings. The van der Waals surface area contributed by atoms with Gasteiger partial charge in [-0.1, -0.05) is 39.5 Å². The normalized spacial score (nSPS) is 19.4. The second-order valence-corrected chi connectivity index (χ2v) is 6.71. The van der Waals surface area contributed by atoms with Crippen molar-refractivity contribution < 1.29 is 0 Å². The number of hydrogen-bond acceptors (Lipinski definition) is 2. The summed E-state index contributed by atoms with van der Waals surface area (Å²) in [5, 5.41) is 0.923. The van der Waals surface area contributed by atoms with Crippen LogP contribution >= 0.6 is 11.8 Å². The van der Waals surface area contributed by atoms with Crippen LogP contribution in [0.5, 0.6) is 0 Å². The monoisotopic (exact) mass is 257 g/mol. The third kappa shape index (κ3) is 7.35. The standard InChI is InChI=1S/C15H31NS/c1-3-5-7-10-15(4-2)17-14-13-16-11-8-6-9-12-16/h15H,3-14H2,1-2H3. The van der Waals surface area contributed by atoms with E-state index < -0.39 is 0 Å². The summed E-state index contributed by atoms with van der Waals surface area (Å²) in [5.74, 6) is 1.35. The minimum Gasteiger partial charge on any atom is -0.303 e. The van der Waals surface area contributed by atoms with Crippen LogP contribution in [0.3, 0.4) is 0 Å². The molecule has 0 radical (unpaired) electrons. The van der Waals surface area contributed by atoms with Gasteiger partial charge in [-0.05, 0) is 38.8 Å². The van der Waals surface area contributed by atoms with Crippen LogP contribution in [0, 0.1) is 0 Å². The number of unbranched alkanes of at least 4 members (excludes halogenated alkanes) is 2. The summed E-state index contributed by atoms with van der Waals surface area (Å²) < 4.78 is 0. The number of likely N-dealkylation sites (tertiary alicyclic amines) is 1. The summed E-state index contributed by atoms with van der Waals surface area (Å²) in [4.78, 5) is 2.66. The maximum atomic E-state index is 2.66. The summed E-state index contributed by atoms with van der Waals surface area (Å²) in [6, 6.07) is 0. The van der Waals surface area contributed by atoms with Gasteiger partial charge >= 0.3 is 0 Å². The van der Waals surface area contributed by atoms with E-state index in [4.69, 9.17) is 0 Å². The van der Waals surface area contributed by atoms with Gasteiger partial charge in [-0.2, -0.15) is 11.8 Å². The van der Waals surface area contributed by atoms with Gasteiger partial charge in [0, 0.05) is 17.5 Å². The third-order valence-electron chi connectivity index (χ3n) is 3.79. The molecule has 1 rings (SSSR count). The Labute approximate surface area is 113 Å². The molecular weight excluding hydrogens is 226 g/mol. The fraction of sp³-hybridized carbons (Fsp3) is 1.00. The molecule has 0 bridgehead atoms. The molecule has 0 aromatic rings. The first-order chi connectivity index (χ1) is 8.36. The summed E-state index contributed by atoms with van der Waals surface area (Å²) >= 11 is 2.22. The van der Waals surface area contributed by atoms with Crippen LogP contribution in [0.1, 0.15) is 65.2 Å². The van der Waals surface area contributed by atoms with E-state index >= 15 is 0 Å². The number of rotatable bonds is 9. The Balaban J connectivity index is 2.01. The number of thioether (sulfide) groups is 1. The number of hydrogen-bond donors (Lipinski definition) is 0. The lowest BCUT2D eigenvalue weighted by molar-refractivity contribution is 0.242. The van der Waals surface area contributed by atoms with E-state index in [1.54, 1.807) is 0 Å². The Morgan fingerprint density at radius 2 is 1.82 bits per heavy atom. The molecule has 0 saturated carbocycles. The summed E-state index contributed by atoms with van der Waals surface area (Å²) in [6.07, 6.45) is 11.3. The van der Waals surface area contributed by atoms with Gasteiger partial charge in [0.25, 0.3) is 0 Å². The molecule has 1 nitrogen and oxygen atoms in total. The zero-order chi connectivity index (χ0) is 12.3. The van der Waals surface area contributed by atoms with E-state index in [0.717, 1.165) is 5.25 Å². The second-order valence-electron chi connectivity index (χ2n) is 5.30. The molecule has 1 saturated heterocycles. The third-order valence-corrected chi connectivity index (χ3v) is 5.25. The lowest BCUT2D eigenvalue weighted by Crippen LogP contribution is -2.31. The topological polar surface area (TPSA) is 3.24 Å². The average Bonchev–Trinajstić information content (AvgIpc) is 2.38. The molecule has 0 aromatic heterocycles. The Kier molecular flexibility index (Phi) is 9.27. The van der Waals surface area contributed by atoms with Gasteiger partial charge in [0.15, 0.2) is 0 Å². The smallest absolute Gasteiger partial charge is 0.00724 e. The van der Waals surface area contributed by atoms with Crippen molar-refractivity contribution >= 4 is 11.8 Å². The zero-order valence-corrected chi connectivity index (χ0v) is 12.7. The van der Waals surface area contributed by atoms with Gasteiger partial charge in [-0.3, -0.25) is 0 Å². The first-order valence-corrected chi connectivity index (χ1v) is 8.75. The molecular formula is C15H31NS. The highest BCUT2D eigenvalue weighted by molar-refractivity contribution is 7.99. The maximum absolute atomic E-state index is 2.66. The Morgan fingerprint density at radius 1 is 1.06 bits per heavy atom. The first kappa shape index (κ1) is 15.4. The van der Waals surface area contributed by atoms with Crippen molar-refractivity contribution in [3.8, 4) is 0 Å². The predicted octanol–water partition coefficient (Wildman–Crippen LogP) is 4.56. The van der Waals surface area contributed by atoms with Crippen LogP contribution in [0.4, 0.5) is 0 Å². The van der Waals surface area contributed by atoms with Crippen LogP contribution in [0.15, 0.2) is 0 Å². The number of nitrogens with zero attached hydrogens (tertiary/aromatic N) is 1. The van der Waals surface area contributed by atoms with Crippen LogP contribution in [-0.2, 0) is 0 Å². The van der Waals surface area contributed by atoms with Crippen molar-refractivity contribution in [3.63, 3.8) is 0 Å². The van der Waals surface area contributed by atoms with Gasteiger partial charge in [0.1, 0.15) is 0 Å². The molecule has 0 amide bonds. The summed E-state index contributed by atoms with van der Waals surface area (Å²) in [6.45, 7) is 8.68. The van der Waals surface area contributed by atoms with E-state index in [9.17, 15) is 0 Å². The van der Waals surface area contributed by atoms with Crippen molar-refractivity contribution in [1.82, 2.24) is 4.90 Å². The molecule has 1 heterocycles. The molecule has 0 aliphatic carbocycles.